The van der Waals surface area contributed by atoms with Gasteiger partial charge in [-0.3, -0.25) is 0 Å². The summed E-state index contributed by atoms with van der Waals surface area (Å²) in [5.74, 6) is 0.531. The van der Waals surface area contributed by atoms with E-state index in [0.717, 1.165) is 22.3 Å². The van der Waals surface area contributed by atoms with Gasteiger partial charge in [0.05, 0.1) is 29.9 Å². The number of aryl methyl sites for hydroxylation is 2. The molecule has 0 saturated carbocycles. The molecule has 0 aliphatic carbocycles. The first-order chi connectivity index (χ1) is 18.5. The zero-order chi connectivity index (χ0) is 30.8. The molecule has 40 heavy (non-hydrogen) atoms. The fourth-order valence-electron chi connectivity index (χ4n) is 4.58. The van der Waals surface area contributed by atoms with E-state index in [-0.39, 0.29) is 30.3 Å². The Labute approximate surface area is 263 Å². The number of benzene rings is 2. The summed E-state index contributed by atoms with van der Waals surface area (Å²) in [6.45, 7) is 23.5. The molecule has 7 heteroatoms. The molecule has 0 atom stereocenters. The molecule has 0 saturated heterocycles. The fourth-order valence-corrected chi connectivity index (χ4v) is 6.08. The zero-order valence-corrected chi connectivity index (χ0v) is 31.2. The van der Waals surface area contributed by atoms with E-state index in [1.807, 2.05) is 56.3 Å². The molecule has 0 spiro atoms. The van der Waals surface area contributed by atoms with Crippen LogP contribution in [0.2, 0.25) is 0 Å². The van der Waals surface area contributed by atoms with Crippen molar-refractivity contribution in [1.82, 2.24) is 4.98 Å². The van der Waals surface area contributed by atoms with E-state index in [1.165, 1.54) is 18.5 Å². The minimum absolute atomic E-state index is 0.137. The van der Waals surface area contributed by atoms with Crippen LogP contribution in [0.15, 0.2) is 42.5 Å². The standard InChI is InChI=1S/C27H33NO2.C6H15P.2ClH.Zr/c1-16-12-18(24(29)20(14-16)26(3,4)5)22-10-9-11-23(28-22)19-13-17(2)15-21(25(19)30)27(6,7)8;1-4-7(5-2)6-3;;;/h9-15,29-30H,1-8H3;4-6H2,1-3H3;2*1H;/q;;;;+2/p-1. The predicted octanol–water partition coefficient (Wildman–Crippen LogP) is 10.7. The molecule has 0 bridgehead atoms. The normalized spacial score (nSPS) is 11.3. The molecule has 3 rings (SSSR count). The van der Waals surface area contributed by atoms with Crippen LogP contribution in [0.25, 0.3) is 22.5 Å². The molecule has 0 amide bonds. The monoisotopic (exact) mass is 682 g/mol. The number of hydrogen-bond donors (Lipinski definition) is 2. The third kappa shape index (κ3) is 10.7. The number of halogens is 2. The molecule has 3 nitrogen and oxygen atoms in total. The van der Waals surface area contributed by atoms with Crippen molar-refractivity contribution in [3.8, 4) is 34.0 Å². The Hall–Kier alpha value is -0.917. The predicted molar refractivity (Wildman–Crippen MR) is 177 cm³/mol. The quantitative estimate of drug-likeness (QED) is 0.263. The number of hydrogen-bond acceptors (Lipinski definition) is 3. The summed E-state index contributed by atoms with van der Waals surface area (Å²) >= 11 is -0.826. The number of aromatic hydroxyl groups is 2. The minimum atomic E-state index is -0.826. The van der Waals surface area contributed by atoms with Gasteiger partial charge in [-0.2, -0.15) is 0 Å². The molecule has 2 N–H and O–H groups in total. The number of phenolic OH excluding ortho intramolecular Hbond substituents is 2. The van der Waals surface area contributed by atoms with Gasteiger partial charge in [-0.15, -0.1) is 0 Å². The molecule has 3 aromatic rings. The second-order valence-electron chi connectivity index (χ2n) is 12.2. The van der Waals surface area contributed by atoms with Crippen LogP contribution in [0.4, 0.5) is 0 Å². The van der Waals surface area contributed by atoms with Gasteiger partial charge in [0.1, 0.15) is 11.5 Å². The fraction of sp³-hybridized carbons (Fsp3) is 0.485. The van der Waals surface area contributed by atoms with Gasteiger partial charge < -0.3 is 10.2 Å². The summed E-state index contributed by atoms with van der Waals surface area (Å²) in [5, 5.41) is 22.0. The van der Waals surface area contributed by atoms with Crippen LogP contribution in [0.1, 0.15) is 84.6 Å². The van der Waals surface area contributed by atoms with Gasteiger partial charge in [0.25, 0.3) is 0 Å². The van der Waals surface area contributed by atoms with E-state index in [4.69, 9.17) is 22.0 Å². The Kier molecular flexibility index (Phi) is 15.4. The van der Waals surface area contributed by atoms with Gasteiger partial charge in [-0.05, 0) is 88.8 Å². The average molecular weight is 685 g/mol. The summed E-state index contributed by atoms with van der Waals surface area (Å²) in [6.07, 6.45) is 4.37. The second kappa shape index (κ2) is 16.7. The number of rotatable bonds is 5. The first-order valence-corrected chi connectivity index (χ1v) is 22.5. The van der Waals surface area contributed by atoms with Crippen molar-refractivity contribution in [2.75, 3.05) is 18.5 Å². The molecule has 0 fully saturated rings. The van der Waals surface area contributed by atoms with Crippen LogP contribution in [0, 0.1) is 13.8 Å². The number of phenols is 2. The Morgan fingerprint density at radius 1 is 0.700 bits per heavy atom. The Bertz CT molecular complexity index is 1140. The summed E-state index contributed by atoms with van der Waals surface area (Å²) in [7, 11) is 10.0. The van der Waals surface area contributed by atoms with E-state index < -0.39 is 20.8 Å². The Balaban J connectivity index is 0.000000687. The molecule has 0 unspecified atom stereocenters. The van der Waals surface area contributed by atoms with E-state index in [9.17, 15) is 10.2 Å². The van der Waals surface area contributed by atoms with Crippen molar-refractivity contribution in [3.05, 3.63) is 64.7 Å². The van der Waals surface area contributed by atoms with Crippen LogP contribution in [0.5, 0.6) is 11.5 Å². The van der Waals surface area contributed by atoms with Crippen LogP contribution in [-0.4, -0.2) is 33.7 Å². The second-order valence-corrected chi connectivity index (χ2v) is 19.6. The molecule has 1 aromatic heterocycles. The van der Waals surface area contributed by atoms with E-state index in [2.05, 4.69) is 62.3 Å². The first-order valence-electron chi connectivity index (χ1n) is 14.0. The van der Waals surface area contributed by atoms with Gasteiger partial charge in [0.15, 0.2) is 0 Å². The average Bonchev–Trinajstić information content (AvgIpc) is 2.87. The molecular formula is C33H49Cl2NO2PZr+. The SMILES string of the molecule is CC[PH+](CC)CC.Cc1cc(-c2cccc(-c3cc(C)cc(C(C)(C)C)c3O)n2)c(O)c(C(C)(C)C)c1.[Cl][Zr][Cl]. The molecule has 0 aliphatic rings. The Morgan fingerprint density at radius 3 is 1.27 bits per heavy atom. The van der Waals surface area contributed by atoms with E-state index in [0.29, 0.717) is 22.5 Å². The molecule has 2 aromatic carbocycles. The third-order valence-electron chi connectivity index (χ3n) is 6.93. The molecule has 0 radical (unpaired) electrons. The van der Waals surface area contributed by atoms with Crippen molar-refractivity contribution >= 4 is 24.9 Å². The molecule has 1 heterocycles. The maximum atomic E-state index is 11.0. The van der Waals surface area contributed by atoms with Gasteiger partial charge >= 0.3 is 37.9 Å². The summed E-state index contributed by atoms with van der Waals surface area (Å²) < 4.78 is 0. The van der Waals surface area contributed by atoms with Gasteiger partial charge in [-0.25, -0.2) is 4.98 Å². The van der Waals surface area contributed by atoms with E-state index in [1.54, 1.807) is 0 Å². The number of pyridine rings is 1. The zero-order valence-electron chi connectivity index (χ0n) is 26.3. The molecule has 0 aliphatic heterocycles. The van der Waals surface area contributed by atoms with Crippen LogP contribution in [-0.2, 0) is 31.7 Å². The van der Waals surface area contributed by atoms with E-state index >= 15 is 0 Å². The van der Waals surface area contributed by atoms with Crippen LogP contribution < -0.4 is 0 Å². The van der Waals surface area contributed by atoms with Crippen molar-refractivity contribution in [1.29, 1.82) is 0 Å². The first kappa shape index (κ1) is 37.1. The summed E-state index contributed by atoms with van der Waals surface area (Å²) in [6, 6.07) is 13.7. The number of aromatic nitrogens is 1. The molecule has 220 valence electrons. The number of nitrogens with zero attached hydrogens (tertiary/aromatic N) is 1. The topological polar surface area (TPSA) is 53.4 Å². The van der Waals surface area contributed by atoms with Crippen molar-refractivity contribution < 1.29 is 31.1 Å². The van der Waals surface area contributed by atoms with Gasteiger partial charge in [-0.1, -0.05) is 59.7 Å². The van der Waals surface area contributed by atoms with Crippen LogP contribution in [0.3, 0.4) is 0 Å². The Morgan fingerprint density at radius 2 is 1.02 bits per heavy atom. The van der Waals surface area contributed by atoms with Crippen molar-refractivity contribution in [3.63, 3.8) is 0 Å². The van der Waals surface area contributed by atoms with Gasteiger partial charge in [0.2, 0.25) is 0 Å². The summed E-state index contributed by atoms with van der Waals surface area (Å²) in [5.41, 5.74) is 6.40. The van der Waals surface area contributed by atoms with Crippen molar-refractivity contribution in [2.24, 2.45) is 0 Å². The molecular weight excluding hydrogens is 635 g/mol. The van der Waals surface area contributed by atoms with Crippen molar-refractivity contribution in [2.45, 2.75) is 87.0 Å². The van der Waals surface area contributed by atoms with Gasteiger partial charge in [0, 0.05) is 22.3 Å². The maximum absolute atomic E-state index is 11.0. The summed E-state index contributed by atoms with van der Waals surface area (Å²) in [4.78, 5) is 4.84. The third-order valence-corrected chi connectivity index (χ3v) is 9.93. The van der Waals surface area contributed by atoms with Crippen LogP contribution >= 0.6 is 24.9 Å².